The fourth-order valence-electron chi connectivity index (χ4n) is 2.19. The molecule has 0 aliphatic heterocycles. The van der Waals surface area contributed by atoms with Crippen LogP contribution in [0.25, 0.3) is 11.1 Å². The summed E-state index contributed by atoms with van der Waals surface area (Å²) in [7, 11) is 0. The molecule has 0 spiro atoms. The quantitative estimate of drug-likeness (QED) is 0.869. The summed E-state index contributed by atoms with van der Waals surface area (Å²) in [4.78, 5) is 10.8. The Morgan fingerprint density at radius 2 is 1.67 bits per heavy atom. The van der Waals surface area contributed by atoms with Gasteiger partial charge in [-0.2, -0.15) is 0 Å². The second kappa shape index (κ2) is 5.68. The van der Waals surface area contributed by atoms with Crippen molar-refractivity contribution in [2.45, 2.75) is 32.6 Å². The van der Waals surface area contributed by atoms with Crippen LogP contribution >= 0.6 is 0 Å². The predicted molar refractivity (Wildman–Crippen MR) is 82.1 cm³/mol. The Bertz CT molecular complexity index is 657. The normalized spacial score (nSPS) is 11.4. The van der Waals surface area contributed by atoms with E-state index in [2.05, 4.69) is 20.8 Å². The van der Waals surface area contributed by atoms with E-state index in [0.29, 0.717) is 5.56 Å². The summed E-state index contributed by atoms with van der Waals surface area (Å²) >= 11 is 0. The molecule has 0 saturated carbocycles. The minimum absolute atomic E-state index is 0.108. The van der Waals surface area contributed by atoms with Gasteiger partial charge in [-0.3, -0.25) is 0 Å². The molecule has 0 heterocycles. The summed E-state index contributed by atoms with van der Waals surface area (Å²) in [5.41, 5.74) is 2.59. The van der Waals surface area contributed by atoms with Crippen LogP contribution in [0.2, 0.25) is 0 Å². The van der Waals surface area contributed by atoms with E-state index in [4.69, 9.17) is 5.11 Å². The fraction of sp³-hybridized carbons (Fsp3) is 0.278. The van der Waals surface area contributed by atoms with Crippen molar-refractivity contribution in [3.05, 3.63) is 59.4 Å². The van der Waals surface area contributed by atoms with Gasteiger partial charge >= 0.3 is 5.97 Å². The molecule has 0 aliphatic carbocycles. The molecule has 2 aromatic carbocycles. The van der Waals surface area contributed by atoms with Crippen LogP contribution in [-0.2, 0) is 5.41 Å². The topological polar surface area (TPSA) is 37.3 Å². The average molecular weight is 286 g/mol. The van der Waals surface area contributed by atoms with Gasteiger partial charge in [-0.1, -0.05) is 51.1 Å². The van der Waals surface area contributed by atoms with E-state index in [1.165, 1.54) is 17.7 Å². The molecule has 0 aromatic heterocycles. The zero-order valence-corrected chi connectivity index (χ0v) is 12.5. The molecule has 0 saturated heterocycles. The van der Waals surface area contributed by atoms with Gasteiger partial charge in [0.05, 0.1) is 5.56 Å². The standard InChI is InChI=1S/C18H19FO2/c1-4-18(2,3)14-8-5-12(6-9-14)13-7-10-15(17(20)21)16(19)11-13/h5-11H,4H2,1-3H3,(H,20,21). The lowest BCUT2D eigenvalue weighted by Gasteiger charge is -2.23. The molecule has 3 heteroatoms. The van der Waals surface area contributed by atoms with Gasteiger partial charge in [0, 0.05) is 0 Å². The highest BCUT2D eigenvalue weighted by Gasteiger charge is 2.18. The first kappa shape index (κ1) is 15.2. The molecule has 0 aliphatic rings. The molecule has 0 atom stereocenters. The summed E-state index contributed by atoms with van der Waals surface area (Å²) < 4.78 is 13.7. The van der Waals surface area contributed by atoms with Crippen LogP contribution < -0.4 is 0 Å². The van der Waals surface area contributed by atoms with Crippen molar-refractivity contribution in [3.8, 4) is 11.1 Å². The third-order valence-corrected chi connectivity index (χ3v) is 4.08. The molecule has 110 valence electrons. The Labute approximate surface area is 124 Å². The molecule has 1 N–H and O–H groups in total. The number of halogens is 1. The highest BCUT2D eigenvalue weighted by atomic mass is 19.1. The van der Waals surface area contributed by atoms with Crippen LogP contribution in [0.15, 0.2) is 42.5 Å². The Morgan fingerprint density at radius 3 is 2.14 bits per heavy atom. The number of carbonyl (C=O) groups is 1. The lowest BCUT2D eigenvalue weighted by Crippen LogP contribution is -2.14. The minimum atomic E-state index is -1.25. The van der Waals surface area contributed by atoms with E-state index < -0.39 is 11.8 Å². The van der Waals surface area contributed by atoms with Crippen LogP contribution in [0, 0.1) is 5.82 Å². The Kier molecular flexibility index (Phi) is 4.12. The van der Waals surface area contributed by atoms with Crippen molar-refractivity contribution in [3.63, 3.8) is 0 Å². The van der Waals surface area contributed by atoms with Crippen molar-refractivity contribution >= 4 is 5.97 Å². The van der Waals surface area contributed by atoms with E-state index >= 15 is 0 Å². The van der Waals surface area contributed by atoms with Crippen molar-refractivity contribution in [2.75, 3.05) is 0 Å². The highest BCUT2D eigenvalue weighted by molar-refractivity contribution is 5.88. The molecule has 0 unspecified atom stereocenters. The lowest BCUT2D eigenvalue weighted by molar-refractivity contribution is 0.0692. The van der Waals surface area contributed by atoms with E-state index in [9.17, 15) is 9.18 Å². The monoisotopic (exact) mass is 286 g/mol. The van der Waals surface area contributed by atoms with Crippen molar-refractivity contribution in [1.29, 1.82) is 0 Å². The third-order valence-electron chi connectivity index (χ3n) is 4.08. The van der Waals surface area contributed by atoms with E-state index in [0.717, 1.165) is 12.0 Å². The number of aromatic carboxylic acids is 1. The van der Waals surface area contributed by atoms with Crippen LogP contribution in [0.5, 0.6) is 0 Å². The number of hydrogen-bond donors (Lipinski definition) is 1. The molecule has 2 rings (SSSR count). The molecule has 0 fully saturated rings. The Morgan fingerprint density at radius 1 is 1.10 bits per heavy atom. The smallest absolute Gasteiger partial charge is 0.338 e. The van der Waals surface area contributed by atoms with Gasteiger partial charge < -0.3 is 5.11 Å². The molecule has 0 bridgehead atoms. The molecule has 2 aromatic rings. The molecule has 0 amide bonds. The second-order valence-electron chi connectivity index (χ2n) is 5.81. The number of rotatable bonds is 4. The number of carboxylic acids is 1. The van der Waals surface area contributed by atoms with Crippen LogP contribution in [0.4, 0.5) is 4.39 Å². The predicted octanol–water partition coefficient (Wildman–Crippen LogP) is 4.88. The van der Waals surface area contributed by atoms with Gasteiger partial charge in [-0.15, -0.1) is 0 Å². The highest BCUT2D eigenvalue weighted by Crippen LogP contribution is 2.29. The van der Waals surface area contributed by atoms with Crippen LogP contribution in [0.1, 0.15) is 43.1 Å². The van der Waals surface area contributed by atoms with Gasteiger partial charge in [-0.25, -0.2) is 9.18 Å². The first-order chi connectivity index (χ1) is 9.85. The summed E-state index contributed by atoms with van der Waals surface area (Å²) in [6, 6.07) is 12.2. The maximum atomic E-state index is 13.7. The van der Waals surface area contributed by atoms with E-state index in [-0.39, 0.29) is 11.0 Å². The van der Waals surface area contributed by atoms with Gasteiger partial charge in [0.15, 0.2) is 0 Å². The third kappa shape index (κ3) is 3.13. The zero-order chi connectivity index (χ0) is 15.6. The molecular formula is C18H19FO2. The first-order valence-corrected chi connectivity index (χ1v) is 6.99. The molecule has 21 heavy (non-hydrogen) atoms. The van der Waals surface area contributed by atoms with Gasteiger partial charge in [0.25, 0.3) is 0 Å². The summed E-state index contributed by atoms with van der Waals surface area (Å²) in [6.07, 6.45) is 1.04. The largest absolute Gasteiger partial charge is 0.478 e. The maximum Gasteiger partial charge on any atom is 0.338 e. The Hall–Kier alpha value is -2.16. The molecule has 0 radical (unpaired) electrons. The van der Waals surface area contributed by atoms with Gasteiger partial charge in [0.1, 0.15) is 5.82 Å². The number of carboxylic acid groups (broad SMARTS) is 1. The lowest BCUT2D eigenvalue weighted by atomic mass is 9.82. The summed E-state index contributed by atoms with van der Waals surface area (Å²) in [5, 5.41) is 8.84. The van der Waals surface area contributed by atoms with Crippen molar-refractivity contribution in [2.24, 2.45) is 0 Å². The maximum absolute atomic E-state index is 13.7. The van der Waals surface area contributed by atoms with Crippen molar-refractivity contribution in [1.82, 2.24) is 0 Å². The first-order valence-electron chi connectivity index (χ1n) is 6.99. The Balaban J connectivity index is 2.35. The zero-order valence-electron chi connectivity index (χ0n) is 12.5. The molecular weight excluding hydrogens is 267 g/mol. The van der Waals surface area contributed by atoms with Gasteiger partial charge in [0.2, 0.25) is 0 Å². The van der Waals surface area contributed by atoms with E-state index in [1.54, 1.807) is 6.07 Å². The van der Waals surface area contributed by atoms with Crippen LogP contribution in [-0.4, -0.2) is 11.1 Å². The van der Waals surface area contributed by atoms with E-state index in [1.807, 2.05) is 24.3 Å². The van der Waals surface area contributed by atoms with Crippen molar-refractivity contribution < 1.29 is 14.3 Å². The summed E-state index contributed by atoms with van der Waals surface area (Å²) in [5.74, 6) is -1.96. The number of benzene rings is 2. The van der Waals surface area contributed by atoms with Gasteiger partial charge in [-0.05, 0) is 40.7 Å². The SMILES string of the molecule is CCC(C)(C)c1ccc(-c2ccc(C(=O)O)c(F)c2)cc1. The number of hydrogen-bond acceptors (Lipinski definition) is 1. The second-order valence-corrected chi connectivity index (χ2v) is 5.81. The molecule has 2 nitrogen and oxygen atoms in total. The van der Waals surface area contributed by atoms with Crippen LogP contribution in [0.3, 0.4) is 0 Å². The average Bonchev–Trinajstić information content (AvgIpc) is 2.47. The minimum Gasteiger partial charge on any atom is -0.478 e. The fourth-order valence-corrected chi connectivity index (χ4v) is 2.19. The summed E-state index contributed by atoms with van der Waals surface area (Å²) in [6.45, 7) is 6.51.